The fourth-order valence-electron chi connectivity index (χ4n) is 3.68. The van der Waals surface area contributed by atoms with Gasteiger partial charge in [0.1, 0.15) is 11.9 Å². The third-order valence-corrected chi connectivity index (χ3v) is 5.23. The van der Waals surface area contributed by atoms with E-state index in [2.05, 4.69) is 4.90 Å². The molecule has 1 aromatic rings. The molecule has 2 fully saturated rings. The van der Waals surface area contributed by atoms with Gasteiger partial charge in [-0.15, -0.1) is 0 Å². The number of anilines is 1. The minimum Gasteiger partial charge on any atom is -0.354 e. The molecule has 0 aromatic carbocycles. The number of hydrogen-bond acceptors (Lipinski definition) is 6. The molecular formula is C17H24N6O3. The minimum atomic E-state index is -0.572. The van der Waals surface area contributed by atoms with Crippen LogP contribution in [0.25, 0.3) is 0 Å². The van der Waals surface area contributed by atoms with Crippen LogP contribution in [0.4, 0.5) is 5.82 Å². The Balaban J connectivity index is 1.73. The predicted molar refractivity (Wildman–Crippen MR) is 96.1 cm³/mol. The maximum atomic E-state index is 12.3. The Morgan fingerprint density at radius 2 is 1.62 bits per heavy atom. The van der Waals surface area contributed by atoms with Crippen molar-refractivity contribution in [3.05, 3.63) is 26.4 Å². The Bertz CT molecular complexity index is 851. The summed E-state index contributed by atoms with van der Waals surface area (Å²) in [6.07, 6.45) is 2.15. The van der Waals surface area contributed by atoms with E-state index >= 15 is 0 Å². The number of hydrogen-bond donors (Lipinski definition) is 0. The van der Waals surface area contributed by atoms with Crippen molar-refractivity contribution < 1.29 is 4.79 Å². The first-order valence-corrected chi connectivity index (χ1v) is 8.89. The van der Waals surface area contributed by atoms with E-state index in [1.54, 1.807) is 7.05 Å². The lowest BCUT2D eigenvalue weighted by Crippen LogP contribution is -2.52. The van der Waals surface area contributed by atoms with E-state index in [0.29, 0.717) is 38.5 Å². The number of aromatic nitrogens is 2. The molecule has 0 unspecified atom stereocenters. The van der Waals surface area contributed by atoms with Crippen molar-refractivity contribution in [2.24, 2.45) is 14.1 Å². The molecule has 0 spiro atoms. The molecule has 9 heteroatoms. The highest BCUT2D eigenvalue weighted by Gasteiger charge is 2.27. The summed E-state index contributed by atoms with van der Waals surface area (Å²) in [6.45, 7) is 4.50. The number of amides is 1. The van der Waals surface area contributed by atoms with E-state index < -0.39 is 11.2 Å². The summed E-state index contributed by atoms with van der Waals surface area (Å²) in [5, 5.41) is 9.40. The van der Waals surface area contributed by atoms with E-state index in [0.717, 1.165) is 30.5 Å². The molecule has 9 nitrogen and oxygen atoms in total. The summed E-state index contributed by atoms with van der Waals surface area (Å²) in [6, 6.07) is 1.94. The van der Waals surface area contributed by atoms with Crippen LogP contribution in [0.2, 0.25) is 0 Å². The van der Waals surface area contributed by atoms with E-state index in [9.17, 15) is 19.6 Å². The number of carbonyl (C=O) groups excluding carboxylic acids is 1. The second kappa shape index (κ2) is 7.33. The molecule has 140 valence electrons. The summed E-state index contributed by atoms with van der Waals surface area (Å²) < 4.78 is 2.30. The summed E-state index contributed by atoms with van der Waals surface area (Å²) in [5.74, 6) is 0.528. The van der Waals surface area contributed by atoms with Gasteiger partial charge in [-0.2, -0.15) is 5.26 Å². The van der Waals surface area contributed by atoms with E-state index in [-0.39, 0.29) is 11.5 Å². The number of nitriles is 1. The molecule has 3 heterocycles. The second-order valence-corrected chi connectivity index (χ2v) is 6.87. The third-order valence-electron chi connectivity index (χ3n) is 5.23. The molecule has 26 heavy (non-hydrogen) atoms. The van der Waals surface area contributed by atoms with Crippen molar-refractivity contribution in [3.63, 3.8) is 0 Å². The van der Waals surface area contributed by atoms with Gasteiger partial charge in [0.05, 0.1) is 6.54 Å². The lowest BCUT2D eigenvalue weighted by Gasteiger charge is -2.37. The molecular weight excluding hydrogens is 336 g/mol. The van der Waals surface area contributed by atoms with Crippen molar-refractivity contribution in [2.75, 3.05) is 50.7 Å². The van der Waals surface area contributed by atoms with Gasteiger partial charge in [-0.3, -0.25) is 23.6 Å². The first-order chi connectivity index (χ1) is 12.4. The summed E-state index contributed by atoms with van der Waals surface area (Å²) in [7, 11) is 2.94. The van der Waals surface area contributed by atoms with E-state index in [4.69, 9.17) is 0 Å². The van der Waals surface area contributed by atoms with Crippen molar-refractivity contribution in [1.82, 2.24) is 18.9 Å². The first kappa shape index (κ1) is 18.2. The molecule has 0 bridgehead atoms. The predicted octanol–water partition coefficient (Wildman–Crippen LogP) is -1.30. The zero-order valence-corrected chi connectivity index (χ0v) is 15.3. The number of piperazine rings is 1. The van der Waals surface area contributed by atoms with Crippen molar-refractivity contribution in [2.45, 2.75) is 12.8 Å². The van der Waals surface area contributed by atoms with Crippen LogP contribution in [0.5, 0.6) is 0 Å². The number of rotatable bonds is 3. The maximum absolute atomic E-state index is 12.3. The molecule has 0 aliphatic carbocycles. The van der Waals surface area contributed by atoms with Gasteiger partial charge in [0.25, 0.3) is 5.56 Å². The summed E-state index contributed by atoms with van der Waals surface area (Å²) >= 11 is 0. The molecule has 1 amide bonds. The fraction of sp³-hybridized carbons (Fsp3) is 0.647. The van der Waals surface area contributed by atoms with Crippen LogP contribution in [0.3, 0.4) is 0 Å². The van der Waals surface area contributed by atoms with Crippen molar-refractivity contribution in [1.29, 1.82) is 5.26 Å². The van der Waals surface area contributed by atoms with E-state index in [1.165, 1.54) is 11.6 Å². The highest BCUT2D eigenvalue weighted by Crippen LogP contribution is 2.17. The Hall–Kier alpha value is -2.60. The maximum Gasteiger partial charge on any atom is 0.332 e. The largest absolute Gasteiger partial charge is 0.354 e. The second-order valence-electron chi connectivity index (χ2n) is 6.87. The van der Waals surface area contributed by atoms with Gasteiger partial charge in [0, 0.05) is 53.4 Å². The van der Waals surface area contributed by atoms with Crippen LogP contribution < -0.4 is 16.1 Å². The highest BCUT2D eigenvalue weighted by atomic mass is 16.2. The molecule has 0 atom stereocenters. The van der Waals surface area contributed by atoms with Gasteiger partial charge in [-0.1, -0.05) is 0 Å². The molecule has 1 aromatic heterocycles. The standard InChI is InChI=1S/C17H24N6O3/c1-19-15(13(11-18)16(25)20(2)17(19)26)23-9-7-21(8-10-23)12-14(24)22-5-3-4-6-22/h3-10,12H2,1-2H3. The first-order valence-electron chi connectivity index (χ1n) is 8.89. The summed E-state index contributed by atoms with van der Waals surface area (Å²) in [5.41, 5.74) is -1.04. The Morgan fingerprint density at radius 3 is 2.19 bits per heavy atom. The van der Waals surface area contributed by atoms with Gasteiger partial charge >= 0.3 is 5.69 Å². The van der Waals surface area contributed by atoms with Gasteiger partial charge in [0.15, 0.2) is 5.56 Å². The third kappa shape index (κ3) is 3.24. The molecule has 2 saturated heterocycles. The average molecular weight is 360 g/mol. The molecule has 0 N–H and O–H groups in total. The van der Waals surface area contributed by atoms with Crippen LogP contribution in [0.1, 0.15) is 18.4 Å². The smallest absolute Gasteiger partial charge is 0.332 e. The lowest BCUT2D eigenvalue weighted by molar-refractivity contribution is -0.131. The average Bonchev–Trinajstić information content (AvgIpc) is 3.18. The zero-order valence-electron chi connectivity index (χ0n) is 15.3. The molecule has 0 saturated carbocycles. The van der Waals surface area contributed by atoms with Crippen LogP contribution in [0.15, 0.2) is 9.59 Å². The van der Waals surface area contributed by atoms with E-state index in [1.807, 2.05) is 15.9 Å². The van der Waals surface area contributed by atoms with Crippen molar-refractivity contribution in [3.8, 4) is 6.07 Å². The quantitative estimate of drug-likeness (QED) is 0.665. The Labute approximate surface area is 151 Å². The lowest BCUT2D eigenvalue weighted by atomic mass is 10.2. The number of likely N-dealkylation sites (tertiary alicyclic amines) is 1. The minimum absolute atomic E-state index is 0.0174. The monoisotopic (exact) mass is 360 g/mol. The number of carbonyl (C=O) groups is 1. The Kier molecular flexibility index (Phi) is 5.13. The zero-order chi connectivity index (χ0) is 18.8. The van der Waals surface area contributed by atoms with Crippen LogP contribution >= 0.6 is 0 Å². The van der Waals surface area contributed by atoms with Crippen molar-refractivity contribution >= 4 is 11.7 Å². The normalized spacial score (nSPS) is 18.2. The van der Waals surface area contributed by atoms with Gasteiger partial charge in [0.2, 0.25) is 5.91 Å². The molecule has 3 rings (SSSR count). The molecule has 0 radical (unpaired) electrons. The number of nitrogens with zero attached hydrogens (tertiary/aromatic N) is 6. The van der Waals surface area contributed by atoms with Crippen LogP contribution in [0, 0.1) is 11.3 Å². The highest BCUT2D eigenvalue weighted by molar-refractivity contribution is 5.78. The fourth-order valence-corrected chi connectivity index (χ4v) is 3.68. The van der Waals surface area contributed by atoms with Crippen LogP contribution in [-0.4, -0.2) is 70.7 Å². The van der Waals surface area contributed by atoms with Gasteiger partial charge in [-0.05, 0) is 12.8 Å². The molecule has 2 aliphatic heterocycles. The SMILES string of the molecule is Cn1c(N2CCN(CC(=O)N3CCCC3)CC2)c(C#N)c(=O)n(C)c1=O. The van der Waals surface area contributed by atoms with Crippen LogP contribution in [-0.2, 0) is 18.9 Å². The van der Waals surface area contributed by atoms with Gasteiger partial charge in [-0.25, -0.2) is 4.79 Å². The molecule has 2 aliphatic rings. The Morgan fingerprint density at radius 1 is 1.00 bits per heavy atom. The topological polar surface area (TPSA) is 94.6 Å². The van der Waals surface area contributed by atoms with Gasteiger partial charge < -0.3 is 9.80 Å². The summed E-state index contributed by atoms with van der Waals surface area (Å²) in [4.78, 5) is 42.6.